The highest BCUT2D eigenvalue weighted by atomic mass is 16.5. The maximum atomic E-state index is 11.6. The van der Waals surface area contributed by atoms with Crippen LogP contribution in [0.4, 0.5) is 0 Å². The van der Waals surface area contributed by atoms with Crippen molar-refractivity contribution in [1.82, 2.24) is 4.90 Å². The summed E-state index contributed by atoms with van der Waals surface area (Å²) in [6.45, 7) is 1.83. The van der Waals surface area contributed by atoms with E-state index in [1.165, 1.54) is 23.8 Å². The summed E-state index contributed by atoms with van der Waals surface area (Å²) >= 11 is 0. The van der Waals surface area contributed by atoms with Gasteiger partial charge in [0, 0.05) is 19.1 Å². The van der Waals surface area contributed by atoms with Crippen molar-refractivity contribution in [1.29, 1.82) is 0 Å². The number of fused-ring (bicyclic) bond motifs is 4. The molecule has 1 atom stereocenters. The van der Waals surface area contributed by atoms with Crippen LogP contribution in [-0.2, 0) is 19.4 Å². The van der Waals surface area contributed by atoms with Gasteiger partial charge in [0.2, 0.25) is 0 Å². The molecule has 2 aliphatic heterocycles. The van der Waals surface area contributed by atoms with Crippen molar-refractivity contribution < 1.29 is 19.4 Å². The van der Waals surface area contributed by atoms with Crippen LogP contribution in [0.1, 0.15) is 38.7 Å². The van der Waals surface area contributed by atoms with E-state index in [2.05, 4.69) is 17.0 Å². The molecule has 25 heavy (non-hydrogen) atoms. The standard InChI is InChI=1S/C20H21NO4/c1-24-15-4-3-12-8-18-16-10-17(20(22)23)19(25-2)9-13(16)5-6-21(18)11-14(12)7-15/h3-4,7,9-10,18H,5-6,8,11H2,1-2H3,(H,22,23). The molecule has 0 spiro atoms. The molecule has 130 valence electrons. The number of carboxylic acid groups (broad SMARTS) is 1. The van der Waals surface area contributed by atoms with Gasteiger partial charge >= 0.3 is 5.97 Å². The van der Waals surface area contributed by atoms with E-state index in [-0.39, 0.29) is 11.6 Å². The number of rotatable bonds is 3. The van der Waals surface area contributed by atoms with Gasteiger partial charge in [-0.05, 0) is 59.4 Å². The minimum atomic E-state index is -0.947. The molecule has 5 nitrogen and oxygen atoms in total. The van der Waals surface area contributed by atoms with Gasteiger partial charge in [0.15, 0.2) is 0 Å². The second-order valence-corrected chi connectivity index (χ2v) is 6.63. The molecule has 5 heteroatoms. The maximum Gasteiger partial charge on any atom is 0.339 e. The summed E-state index contributed by atoms with van der Waals surface area (Å²) < 4.78 is 10.6. The Morgan fingerprint density at radius 3 is 2.68 bits per heavy atom. The molecule has 0 saturated carbocycles. The first kappa shape index (κ1) is 16.0. The minimum Gasteiger partial charge on any atom is -0.497 e. The predicted molar refractivity (Wildman–Crippen MR) is 93.5 cm³/mol. The highest BCUT2D eigenvalue weighted by molar-refractivity contribution is 5.91. The van der Waals surface area contributed by atoms with Crippen molar-refractivity contribution in [2.45, 2.75) is 25.4 Å². The number of methoxy groups -OCH3 is 2. The Morgan fingerprint density at radius 2 is 1.96 bits per heavy atom. The number of benzene rings is 2. The molecule has 2 aromatic carbocycles. The highest BCUT2D eigenvalue weighted by Crippen LogP contribution is 2.40. The first-order valence-corrected chi connectivity index (χ1v) is 8.44. The smallest absolute Gasteiger partial charge is 0.339 e. The van der Waals surface area contributed by atoms with Crippen LogP contribution in [0.25, 0.3) is 0 Å². The lowest BCUT2D eigenvalue weighted by molar-refractivity contribution is 0.0692. The summed E-state index contributed by atoms with van der Waals surface area (Å²) in [5.74, 6) is 0.380. The summed E-state index contributed by atoms with van der Waals surface area (Å²) in [4.78, 5) is 14.0. The maximum absolute atomic E-state index is 11.6. The predicted octanol–water partition coefficient (Wildman–Crippen LogP) is 3.06. The molecule has 2 aromatic rings. The average molecular weight is 339 g/mol. The van der Waals surface area contributed by atoms with Gasteiger partial charge < -0.3 is 14.6 Å². The van der Waals surface area contributed by atoms with E-state index >= 15 is 0 Å². The molecule has 0 bridgehead atoms. The van der Waals surface area contributed by atoms with Crippen molar-refractivity contribution in [3.63, 3.8) is 0 Å². The Labute approximate surface area is 146 Å². The molecule has 2 aliphatic rings. The monoisotopic (exact) mass is 339 g/mol. The topological polar surface area (TPSA) is 59.0 Å². The molecule has 0 saturated heterocycles. The quantitative estimate of drug-likeness (QED) is 0.931. The third-order valence-corrected chi connectivity index (χ3v) is 5.36. The third kappa shape index (κ3) is 2.65. The SMILES string of the molecule is COc1ccc2c(c1)CN1CCc3cc(OC)c(C(=O)O)cc3C1C2. The second kappa shape index (κ2) is 6.08. The van der Waals surface area contributed by atoms with E-state index in [1.807, 2.05) is 18.2 Å². The molecule has 0 fully saturated rings. The first-order chi connectivity index (χ1) is 12.1. The number of carboxylic acids is 1. The molecule has 0 aromatic heterocycles. The normalized spacial score (nSPS) is 18.7. The Kier molecular flexibility index (Phi) is 3.88. The summed E-state index contributed by atoms with van der Waals surface area (Å²) in [6, 6.07) is 10.2. The van der Waals surface area contributed by atoms with Gasteiger partial charge in [-0.25, -0.2) is 4.79 Å². The van der Waals surface area contributed by atoms with E-state index in [1.54, 1.807) is 7.11 Å². The van der Waals surface area contributed by atoms with Crippen LogP contribution in [0.2, 0.25) is 0 Å². The fourth-order valence-electron chi connectivity index (χ4n) is 4.05. The van der Waals surface area contributed by atoms with Gasteiger partial charge in [-0.15, -0.1) is 0 Å². The van der Waals surface area contributed by atoms with Crippen LogP contribution < -0.4 is 9.47 Å². The lowest BCUT2D eigenvalue weighted by Gasteiger charge is -2.41. The third-order valence-electron chi connectivity index (χ3n) is 5.36. The van der Waals surface area contributed by atoms with Gasteiger partial charge in [-0.1, -0.05) is 6.07 Å². The van der Waals surface area contributed by atoms with Crippen molar-refractivity contribution >= 4 is 5.97 Å². The summed E-state index contributed by atoms with van der Waals surface area (Å²) in [5, 5.41) is 9.50. The zero-order valence-corrected chi connectivity index (χ0v) is 14.4. The second-order valence-electron chi connectivity index (χ2n) is 6.63. The molecule has 1 unspecified atom stereocenters. The van der Waals surface area contributed by atoms with Gasteiger partial charge in [0.25, 0.3) is 0 Å². The van der Waals surface area contributed by atoms with Crippen molar-refractivity contribution in [3.05, 3.63) is 58.1 Å². The van der Waals surface area contributed by atoms with Crippen LogP contribution in [0.15, 0.2) is 30.3 Å². The number of hydrogen-bond acceptors (Lipinski definition) is 4. The Morgan fingerprint density at radius 1 is 1.12 bits per heavy atom. The van der Waals surface area contributed by atoms with Gasteiger partial charge in [-0.2, -0.15) is 0 Å². The van der Waals surface area contributed by atoms with Crippen LogP contribution in [-0.4, -0.2) is 36.7 Å². The Balaban J connectivity index is 1.76. The van der Waals surface area contributed by atoms with E-state index in [0.717, 1.165) is 37.2 Å². The fourth-order valence-corrected chi connectivity index (χ4v) is 4.05. The molecule has 0 radical (unpaired) electrons. The van der Waals surface area contributed by atoms with Crippen LogP contribution in [0, 0.1) is 0 Å². The number of ether oxygens (including phenoxy) is 2. The first-order valence-electron chi connectivity index (χ1n) is 8.44. The van der Waals surface area contributed by atoms with Gasteiger partial charge in [0.1, 0.15) is 17.1 Å². The van der Waals surface area contributed by atoms with Crippen molar-refractivity contribution in [2.75, 3.05) is 20.8 Å². The molecular formula is C20H21NO4. The zero-order valence-electron chi connectivity index (χ0n) is 14.4. The van der Waals surface area contributed by atoms with Gasteiger partial charge in [0.05, 0.1) is 14.2 Å². The lowest BCUT2D eigenvalue weighted by Crippen LogP contribution is -2.39. The summed E-state index contributed by atoms with van der Waals surface area (Å²) in [6.07, 6.45) is 1.79. The summed E-state index contributed by atoms with van der Waals surface area (Å²) in [7, 11) is 3.21. The fraction of sp³-hybridized carbons (Fsp3) is 0.350. The van der Waals surface area contributed by atoms with Crippen molar-refractivity contribution in [2.24, 2.45) is 0 Å². The van der Waals surface area contributed by atoms with Crippen LogP contribution in [0.5, 0.6) is 11.5 Å². The van der Waals surface area contributed by atoms with Crippen LogP contribution >= 0.6 is 0 Å². The van der Waals surface area contributed by atoms with Crippen LogP contribution in [0.3, 0.4) is 0 Å². The van der Waals surface area contributed by atoms with Gasteiger partial charge in [-0.3, -0.25) is 4.90 Å². The van der Waals surface area contributed by atoms with E-state index in [0.29, 0.717) is 5.75 Å². The molecule has 0 amide bonds. The lowest BCUT2D eigenvalue weighted by atomic mass is 9.83. The number of nitrogens with zero attached hydrogens (tertiary/aromatic N) is 1. The molecule has 4 rings (SSSR count). The van der Waals surface area contributed by atoms with E-state index in [9.17, 15) is 9.90 Å². The number of carbonyl (C=O) groups is 1. The van der Waals surface area contributed by atoms with E-state index < -0.39 is 5.97 Å². The van der Waals surface area contributed by atoms with E-state index in [4.69, 9.17) is 9.47 Å². The zero-order chi connectivity index (χ0) is 17.6. The minimum absolute atomic E-state index is 0.216. The number of hydrogen-bond donors (Lipinski definition) is 1. The largest absolute Gasteiger partial charge is 0.497 e. The average Bonchev–Trinajstić information content (AvgIpc) is 2.64. The molecular weight excluding hydrogens is 318 g/mol. The number of aromatic carboxylic acids is 1. The molecule has 1 N–H and O–H groups in total. The Hall–Kier alpha value is -2.53. The Bertz CT molecular complexity index is 846. The highest BCUT2D eigenvalue weighted by Gasteiger charge is 2.33. The molecule has 0 aliphatic carbocycles. The summed E-state index contributed by atoms with van der Waals surface area (Å²) in [5.41, 5.74) is 5.16. The molecule has 2 heterocycles. The van der Waals surface area contributed by atoms with Crippen molar-refractivity contribution in [3.8, 4) is 11.5 Å².